The average molecular weight is 276 g/mol. The summed E-state index contributed by atoms with van der Waals surface area (Å²) in [7, 11) is 0. The monoisotopic (exact) mass is 276 g/mol. The third-order valence-electron chi connectivity index (χ3n) is 4.51. The molecule has 20 heavy (non-hydrogen) atoms. The van der Waals surface area contributed by atoms with Gasteiger partial charge in [0.05, 0.1) is 13.2 Å². The Bertz CT molecular complexity index is 430. The quantitative estimate of drug-likeness (QED) is 0.858. The molecule has 0 aliphatic carbocycles. The van der Waals surface area contributed by atoms with Gasteiger partial charge in [-0.2, -0.15) is 0 Å². The molecule has 110 valence electrons. The smallest absolute Gasteiger partial charge is 0.170 e. The van der Waals surface area contributed by atoms with Crippen LogP contribution in [0.3, 0.4) is 0 Å². The summed E-state index contributed by atoms with van der Waals surface area (Å²) in [6.07, 6.45) is 3.03. The Morgan fingerprint density at radius 1 is 1.15 bits per heavy atom. The molecule has 1 aromatic carbocycles. The fourth-order valence-corrected chi connectivity index (χ4v) is 3.22. The van der Waals surface area contributed by atoms with Crippen molar-refractivity contribution in [3.05, 3.63) is 29.8 Å². The van der Waals surface area contributed by atoms with Gasteiger partial charge in [-0.15, -0.1) is 0 Å². The number of piperidine rings is 1. The number of benzene rings is 1. The van der Waals surface area contributed by atoms with Crippen molar-refractivity contribution in [2.24, 2.45) is 0 Å². The van der Waals surface area contributed by atoms with Crippen LogP contribution in [0.4, 0.5) is 5.69 Å². The van der Waals surface area contributed by atoms with Crippen molar-refractivity contribution < 1.29 is 9.47 Å². The van der Waals surface area contributed by atoms with Crippen LogP contribution in [0.1, 0.15) is 25.3 Å². The Morgan fingerprint density at radius 3 is 2.35 bits per heavy atom. The van der Waals surface area contributed by atoms with E-state index in [2.05, 4.69) is 24.0 Å². The topological polar surface area (TPSA) is 47.7 Å². The lowest BCUT2D eigenvalue weighted by atomic mass is 9.99. The van der Waals surface area contributed by atoms with Crippen LogP contribution in [0.5, 0.6) is 0 Å². The zero-order valence-electron chi connectivity index (χ0n) is 12.2. The largest absolute Gasteiger partial charge is 0.399 e. The predicted octanol–water partition coefficient (Wildman–Crippen LogP) is 2.04. The van der Waals surface area contributed by atoms with Gasteiger partial charge in [0.2, 0.25) is 0 Å². The summed E-state index contributed by atoms with van der Waals surface area (Å²) in [5.41, 5.74) is 7.91. The lowest BCUT2D eigenvalue weighted by Crippen LogP contribution is -2.48. The summed E-state index contributed by atoms with van der Waals surface area (Å²) in [4.78, 5) is 2.53. The number of hydrogen-bond acceptors (Lipinski definition) is 4. The van der Waals surface area contributed by atoms with Crippen molar-refractivity contribution in [1.29, 1.82) is 0 Å². The van der Waals surface area contributed by atoms with E-state index in [1.54, 1.807) is 0 Å². The van der Waals surface area contributed by atoms with E-state index in [9.17, 15) is 0 Å². The highest BCUT2D eigenvalue weighted by atomic mass is 16.7. The van der Waals surface area contributed by atoms with Crippen LogP contribution in [-0.4, -0.2) is 43.0 Å². The van der Waals surface area contributed by atoms with Crippen LogP contribution in [0.2, 0.25) is 0 Å². The van der Waals surface area contributed by atoms with Crippen molar-refractivity contribution in [3.63, 3.8) is 0 Å². The molecule has 0 saturated carbocycles. The summed E-state index contributed by atoms with van der Waals surface area (Å²) in [6.45, 7) is 5.90. The first-order valence-electron chi connectivity index (χ1n) is 7.53. The SMILES string of the molecule is CC(Cc1ccc(N)cc1)N1CCC2(CC1)OCCO2. The Labute approximate surface area is 120 Å². The predicted molar refractivity (Wildman–Crippen MR) is 79.5 cm³/mol. The standard InChI is InChI=1S/C16H24N2O2/c1-13(12-14-2-4-15(17)5-3-14)18-8-6-16(7-9-18)19-10-11-20-16/h2-5,13H,6-12,17H2,1H3. The molecule has 1 atom stereocenters. The number of likely N-dealkylation sites (tertiary alicyclic amines) is 1. The summed E-state index contributed by atoms with van der Waals surface area (Å²) in [6, 6.07) is 8.75. The van der Waals surface area contributed by atoms with Crippen LogP contribution in [0.25, 0.3) is 0 Å². The van der Waals surface area contributed by atoms with Gasteiger partial charge in [-0.3, -0.25) is 4.90 Å². The Kier molecular flexibility index (Phi) is 3.96. The number of rotatable bonds is 3. The van der Waals surface area contributed by atoms with Gasteiger partial charge < -0.3 is 15.2 Å². The fourth-order valence-electron chi connectivity index (χ4n) is 3.22. The van der Waals surface area contributed by atoms with Gasteiger partial charge >= 0.3 is 0 Å². The minimum absolute atomic E-state index is 0.266. The molecule has 4 heteroatoms. The number of nitrogens with two attached hydrogens (primary N) is 1. The Hall–Kier alpha value is -1.10. The molecule has 1 unspecified atom stereocenters. The fraction of sp³-hybridized carbons (Fsp3) is 0.625. The molecule has 4 nitrogen and oxygen atoms in total. The maximum Gasteiger partial charge on any atom is 0.170 e. The normalized spacial score (nSPS) is 24.1. The Morgan fingerprint density at radius 2 is 1.75 bits per heavy atom. The van der Waals surface area contributed by atoms with Gasteiger partial charge in [-0.1, -0.05) is 12.1 Å². The van der Waals surface area contributed by atoms with Crippen LogP contribution in [-0.2, 0) is 15.9 Å². The third kappa shape index (κ3) is 2.97. The van der Waals surface area contributed by atoms with Crippen molar-refractivity contribution >= 4 is 5.69 Å². The summed E-state index contributed by atoms with van der Waals surface area (Å²) in [5, 5.41) is 0. The molecule has 0 bridgehead atoms. The maximum atomic E-state index is 5.78. The van der Waals surface area contributed by atoms with Crippen LogP contribution >= 0.6 is 0 Å². The molecule has 2 aliphatic rings. The first-order chi connectivity index (χ1) is 9.67. The molecule has 2 aliphatic heterocycles. The molecular formula is C16H24N2O2. The van der Waals surface area contributed by atoms with Gasteiger partial charge in [-0.25, -0.2) is 0 Å². The first-order valence-corrected chi connectivity index (χ1v) is 7.53. The van der Waals surface area contributed by atoms with Crippen molar-refractivity contribution in [2.75, 3.05) is 32.0 Å². The molecule has 2 saturated heterocycles. The minimum Gasteiger partial charge on any atom is -0.399 e. The molecule has 2 N–H and O–H groups in total. The number of ether oxygens (including phenoxy) is 2. The molecule has 0 aromatic heterocycles. The summed E-state index contributed by atoms with van der Waals surface area (Å²) < 4.78 is 11.6. The van der Waals surface area contributed by atoms with E-state index < -0.39 is 0 Å². The molecule has 2 heterocycles. The Balaban J connectivity index is 1.53. The highest BCUT2D eigenvalue weighted by Gasteiger charge is 2.40. The second kappa shape index (κ2) is 5.72. The molecule has 0 radical (unpaired) electrons. The summed E-state index contributed by atoms with van der Waals surface area (Å²) in [5.74, 6) is -0.266. The molecular weight excluding hydrogens is 252 g/mol. The van der Waals surface area contributed by atoms with Gasteiger partial charge in [0, 0.05) is 37.7 Å². The van der Waals surface area contributed by atoms with E-state index in [0.29, 0.717) is 6.04 Å². The van der Waals surface area contributed by atoms with Gasteiger partial charge in [0.25, 0.3) is 0 Å². The zero-order valence-corrected chi connectivity index (χ0v) is 12.2. The molecule has 1 aromatic rings. The first kappa shape index (κ1) is 13.9. The third-order valence-corrected chi connectivity index (χ3v) is 4.51. The molecule has 3 rings (SSSR count). The number of nitrogen functional groups attached to an aromatic ring is 1. The van der Waals surface area contributed by atoms with Crippen LogP contribution < -0.4 is 5.73 Å². The van der Waals surface area contributed by atoms with Crippen molar-refractivity contribution in [3.8, 4) is 0 Å². The number of nitrogens with zero attached hydrogens (tertiary/aromatic N) is 1. The lowest BCUT2D eigenvalue weighted by Gasteiger charge is -2.40. The lowest BCUT2D eigenvalue weighted by molar-refractivity contribution is -0.187. The average Bonchev–Trinajstić information content (AvgIpc) is 2.90. The van der Waals surface area contributed by atoms with Gasteiger partial charge in [0.15, 0.2) is 5.79 Å². The minimum atomic E-state index is -0.266. The van der Waals surface area contributed by atoms with E-state index in [4.69, 9.17) is 15.2 Å². The van der Waals surface area contributed by atoms with Crippen molar-refractivity contribution in [2.45, 2.75) is 38.0 Å². The second-order valence-corrected chi connectivity index (χ2v) is 5.94. The maximum absolute atomic E-state index is 5.78. The molecule has 0 amide bonds. The number of anilines is 1. The van der Waals surface area contributed by atoms with E-state index in [1.165, 1.54) is 5.56 Å². The van der Waals surface area contributed by atoms with Gasteiger partial charge in [0.1, 0.15) is 0 Å². The van der Waals surface area contributed by atoms with E-state index in [1.807, 2.05) is 12.1 Å². The summed E-state index contributed by atoms with van der Waals surface area (Å²) >= 11 is 0. The van der Waals surface area contributed by atoms with Crippen LogP contribution in [0, 0.1) is 0 Å². The second-order valence-electron chi connectivity index (χ2n) is 5.94. The van der Waals surface area contributed by atoms with Gasteiger partial charge in [-0.05, 0) is 31.0 Å². The molecule has 2 fully saturated rings. The molecule has 1 spiro atoms. The number of hydrogen-bond donors (Lipinski definition) is 1. The highest BCUT2D eigenvalue weighted by Crippen LogP contribution is 2.32. The van der Waals surface area contributed by atoms with E-state index >= 15 is 0 Å². The van der Waals surface area contributed by atoms with Crippen molar-refractivity contribution in [1.82, 2.24) is 4.90 Å². The van der Waals surface area contributed by atoms with E-state index in [0.717, 1.165) is 51.3 Å². The highest BCUT2D eigenvalue weighted by molar-refractivity contribution is 5.39. The zero-order chi connectivity index (χ0) is 14.0. The van der Waals surface area contributed by atoms with Crippen LogP contribution in [0.15, 0.2) is 24.3 Å². The van der Waals surface area contributed by atoms with E-state index in [-0.39, 0.29) is 5.79 Å².